The fraction of sp³-hybridized carbons (Fsp3) is 0.471. The molecule has 9 heteroatoms. The van der Waals surface area contributed by atoms with E-state index in [0.29, 0.717) is 27.3 Å². The highest BCUT2D eigenvalue weighted by Gasteiger charge is 2.17. The predicted molar refractivity (Wildman–Crippen MR) is 104 cm³/mol. The van der Waals surface area contributed by atoms with Gasteiger partial charge in [-0.1, -0.05) is 37.2 Å². The molecule has 0 bridgehead atoms. The summed E-state index contributed by atoms with van der Waals surface area (Å²) in [4.78, 5) is 27.1. The molecule has 2 fully saturated rings. The van der Waals surface area contributed by atoms with Crippen molar-refractivity contribution < 1.29 is 19.1 Å². The van der Waals surface area contributed by atoms with Gasteiger partial charge >= 0.3 is 0 Å². The largest absolute Gasteiger partial charge is 0.377 e. The molecule has 1 aromatic carbocycles. The number of aliphatic imine (C=N–C) groups is 1. The second kappa shape index (κ2) is 10.5. The minimum absolute atomic E-state index is 0.0746. The molecule has 2 heterocycles. The molecule has 2 aliphatic heterocycles. The number of thioether (sulfide) groups is 1. The summed E-state index contributed by atoms with van der Waals surface area (Å²) in [6.07, 6.45) is 0. The highest BCUT2D eigenvalue weighted by Crippen LogP contribution is 2.30. The van der Waals surface area contributed by atoms with E-state index < -0.39 is 0 Å². The number of amidine groups is 1. The first kappa shape index (κ1) is 20.7. The lowest BCUT2D eigenvalue weighted by atomic mass is 10.2. The van der Waals surface area contributed by atoms with Gasteiger partial charge in [0, 0.05) is 11.6 Å². The molecule has 7 nitrogen and oxygen atoms in total. The standard InChI is InChI=1S/C13H14ClN3O2S.C4H8O2/c1-7(2)12(19)15-8-3-4-9(14)10(5-8)16-13-17-11(18)6-20-13;1-2-6-4-3-5-1/h3-5,7H,6H2,1-2H3,(H,15,19)(H,16,17,18);1-4H2. The molecule has 2 saturated heterocycles. The molecule has 2 amide bonds. The number of carbonyl (C=O) groups is 2. The highest BCUT2D eigenvalue weighted by atomic mass is 35.5. The van der Waals surface area contributed by atoms with E-state index >= 15 is 0 Å². The molecule has 142 valence electrons. The minimum atomic E-state index is -0.106. The lowest BCUT2D eigenvalue weighted by Crippen LogP contribution is -2.19. The van der Waals surface area contributed by atoms with Crippen molar-refractivity contribution in [3.8, 4) is 0 Å². The Kier molecular flexibility index (Phi) is 8.37. The first-order chi connectivity index (χ1) is 12.5. The fourth-order valence-corrected chi connectivity index (χ4v) is 2.75. The number of anilines is 1. The lowest BCUT2D eigenvalue weighted by Gasteiger charge is -2.09. The third-order valence-electron chi connectivity index (χ3n) is 3.29. The number of nitrogens with zero attached hydrogens (tertiary/aromatic N) is 1. The average molecular weight is 400 g/mol. The highest BCUT2D eigenvalue weighted by molar-refractivity contribution is 8.15. The molecule has 2 aliphatic rings. The molecule has 0 unspecified atom stereocenters. The Morgan fingerprint density at radius 1 is 1.27 bits per heavy atom. The van der Waals surface area contributed by atoms with Gasteiger partial charge in [-0.25, -0.2) is 4.99 Å². The Labute approximate surface area is 161 Å². The molecule has 0 radical (unpaired) electrons. The first-order valence-corrected chi connectivity index (χ1v) is 9.59. The number of benzene rings is 1. The summed E-state index contributed by atoms with van der Waals surface area (Å²) in [6.45, 7) is 6.74. The fourth-order valence-electron chi connectivity index (χ4n) is 1.90. The van der Waals surface area contributed by atoms with Gasteiger partial charge in [-0.2, -0.15) is 0 Å². The van der Waals surface area contributed by atoms with E-state index in [9.17, 15) is 9.59 Å². The Hall–Kier alpha value is -1.61. The second-order valence-electron chi connectivity index (χ2n) is 5.79. The van der Waals surface area contributed by atoms with Crippen molar-refractivity contribution in [3.05, 3.63) is 23.2 Å². The Morgan fingerprint density at radius 3 is 2.42 bits per heavy atom. The molecule has 26 heavy (non-hydrogen) atoms. The van der Waals surface area contributed by atoms with Crippen molar-refractivity contribution in [3.63, 3.8) is 0 Å². The lowest BCUT2D eigenvalue weighted by molar-refractivity contribution is -0.119. The second-order valence-corrected chi connectivity index (χ2v) is 7.16. The van der Waals surface area contributed by atoms with Crippen molar-refractivity contribution in [1.29, 1.82) is 0 Å². The predicted octanol–water partition coefficient (Wildman–Crippen LogP) is 2.82. The Balaban J connectivity index is 0.000000342. The monoisotopic (exact) mass is 399 g/mol. The van der Waals surface area contributed by atoms with Gasteiger partial charge in [0.1, 0.15) is 0 Å². The SMILES string of the molecule is C1COCCO1.CC(C)C(=O)Nc1ccc(Cl)c(N=C2NC(=O)CS2)c1. The summed E-state index contributed by atoms with van der Waals surface area (Å²) in [7, 11) is 0. The number of carbonyl (C=O) groups excluding carboxylic acids is 2. The van der Waals surface area contributed by atoms with E-state index in [0.717, 1.165) is 26.4 Å². The molecular weight excluding hydrogens is 378 g/mol. The summed E-state index contributed by atoms with van der Waals surface area (Å²) >= 11 is 7.39. The maximum atomic E-state index is 11.7. The summed E-state index contributed by atoms with van der Waals surface area (Å²) in [5, 5.41) is 6.40. The molecule has 0 spiro atoms. The van der Waals surface area contributed by atoms with E-state index in [-0.39, 0.29) is 17.7 Å². The molecule has 0 atom stereocenters. The van der Waals surface area contributed by atoms with Crippen molar-refractivity contribution in [2.45, 2.75) is 13.8 Å². The van der Waals surface area contributed by atoms with Gasteiger partial charge in [0.2, 0.25) is 11.8 Å². The number of hydrogen-bond donors (Lipinski definition) is 2. The maximum Gasteiger partial charge on any atom is 0.236 e. The smallest absolute Gasteiger partial charge is 0.236 e. The van der Waals surface area contributed by atoms with Gasteiger partial charge in [-0.15, -0.1) is 0 Å². The summed E-state index contributed by atoms with van der Waals surface area (Å²) < 4.78 is 9.89. The van der Waals surface area contributed by atoms with Gasteiger partial charge in [0.15, 0.2) is 5.17 Å². The Morgan fingerprint density at radius 2 is 1.92 bits per heavy atom. The molecule has 0 aromatic heterocycles. The van der Waals surface area contributed by atoms with Crippen LogP contribution < -0.4 is 10.6 Å². The van der Waals surface area contributed by atoms with E-state index in [1.807, 2.05) is 13.8 Å². The Bertz CT molecular complexity index is 666. The van der Waals surface area contributed by atoms with Gasteiger partial charge in [0.05, 0.1) is 42.9 Å². The van der Waals surface area contributed by atoms with Crippen LogP contribution in [0.2, 0.25) is 5.02 Å². The van der Waals surface area contributed by atoms with Crippen LogP contribution in [-0.2, 0) is 19.1 Å². The van der Waals surface area contributed by atoms with Crippen LogP contribution in [-0.4, -0.2) is 49.2 Å². The van der Waals surface area contributed by atoms with Crippen LogP contribution in [0.25, 0.3) is 0 Å². The van der Waals surface area contributed by atoms with Crippen LogP contribution in [0.5, 0.6) is 0 Å². The van der Waals surface area contributed by atoms with Gasteiger partial charge in [-0.05, 0) is 18.2 Å². The van der Waals surface area contributed by atoms with Crippen LogP contribution in [0.3, 0.4) is 0 Å². The van der Waals surface area contributed by atoms with E-state index in [1.165, 1.54) is 11.8 Å². The quantitative estimate of drug-likeness (QED) is 0.815. The van der Waals surface area contributed by atoms with Crippen LogP contribution in [0, 0.1) is 5.92 Å². The zero-order chi connectivity index (χ0) is 18.9. The van der Waals surface area contributed by atoms with Crippen molar-refractivity contribution in [2.75, 3.05) is 37.5 Å². The number of rotatable bonds is 3. The number of hydrogen-bond acceptors (Lipinski definition) is 6. The molecule has 0 saturated carbocycles. The van der Waals surface area contributed by atoms with Gasteiger partial charge < -0.3 is 20.1 Å². The van der Waals surface area contributed by atoms with Crippen LogP contribution in [0.4, 0.5) is 11.4 Å². The van der Waals surface area contributed by atoms with Crippen molar-refractivity contribution in [1.82, 2.24) is 5.32 Å². The van der Waals surface area contributed by atoms with Crippen LogP contribution >= 0.6 is 23.4 Å². The average Bonchev–Trinajstić information content (AvgIpc) is 3.04. The molecule has 3 rings (SSSR count). The van der Waals surface area contributed by atoms with Gasteiger partial charge in [0.25, 0.3) is 0 Å². The summed E-state index contributed by atoms with van der Waals surface area (Å²) in [5.74, 6) is 0.106. The molecular formula is C17H22ClN3O4S. The number of nitrogens with one attached hydrogen (secondary N) is 2. The topological polar surface area (TPSA) is 89.0 Å². The zero-order valence-corrected chi connectivity index (χ0v) is 16.3. The van der Waals surface area contributed by atoms with E-state index in [1.54, 1.807) is 18.2 Å². The van der Waals surface area contributed by atoms with Crippen molar-refractivity contribution >= 4 is 51.7 Å². The first-order valence-electron chi connectivity index (χ1n) is 8.23. The number of ether oxygens (including phenoxy) is 2. The molecule has 2 N–H and O–H groups in total. The summed E-state index contributed by atoms with van der Waals surface area (Å²) in [6, 6.07) is 5.06. The summed E-state index contributed by atoms with van der Waals surface area (Å²) in [5.41, 5.74) is 1.14. The normalized spacial score (nSPS) is 18.3. The molecule has 1 aromatic rings. The van der Waals surface area contributed by atoms with Crippen LogP contribution in [0.15, 0.2) is 23.2 Å². The zero-order valence-electron chi connectivity index (χ0n) is 14.7. The number of halogens is 1. The van der Waals surface area contributed by atoms with E-state index in [4.69, 9.17) is 21.1 Å². The van der Waals surface area contributed by atoms with Gasteiger partial charge in [-0.3, -0.25) is 9.59 Å². The third kappa shape index (κ3) is 6.95. The minimum Gasteiger partial charge on any atom is -0.377 e. The van der Waals surface area contributed by atoms with Crippen LogP contribution in [0.1, 0.15) is 13.8 Å². The van der Waals surface area contributed by atoms with Crippen molar-refractivity contribution in [2.24, 2.45) is 10.9 Å². The number of amides is 2. The van der Waals surface area contributed by atoms with E-state index in [2.05, 4.69) is 15.6 Å². The molecule has 0 aliphatic carbocycles. The maximum absolute atomic E-state index is 11.7. The third-order valence-corrected chi connectivity index (χ3v) is 4.48.